The van der Waals surface area contributed by atoms with E-state index in [1.165, 1.54) is 23.4 Å². The van der Waals surface area contributed by atoms with Crippen LogP contribution in [0.2, 0.25) is 0 Å². The highest BCUT2D eigenvalue weighted by Gasteiger charge is 2.54. The number of amides is 3. The van der Waals surface area contributed by atoms with Gasteiger partial charge >= 0.3 is 11.8 Å². The number of rotatable bonds is 2. The molecule has 9 nitrogen and oxygen atoms in total. The van der Waals surface area contributed by atoms with Gasteiger partial charge in [0.05, 0.1) is 29.6 Å². The van der Waals surface area contributed by atoms with Crippen LogP contribution in [0.1, 0.15) is 42.5 Å². The standard InChI is InChI=1S/C17H22N4O5/c18-13(22)11-7-12(9-19-8-11)20-14(23)15(24)21-6-5-16(25)3-1-2-4-17(16,26)10-21/h7-9,25-26H,1-6,10H2,(H2,18,22)(H,20,23)/t16-,17+/m0/s1. The van der Waals surface area contributed by atoms with Gasteiger partial charge in [0.15, 0.2) is 0 Å². The smallest absolute Gasteiger partial charge is 0.313 e. The number of piperidine rings is 1. The number of β-amino-alcohol motifs (C(OH)–C–C–N with tert-alkyl or cyclic N) is 1. The molecule has 3 rings (SSSR count). The quantitative estimate of drug-likeness (QED) is 0.516. The van der Waals surface area contributed by atoms with Gasteiger partial charge in [-0.25, -0.2) is 0 Å². The monoisotopic (exact) mass is 362 g/mol. The van der Waals surface area contributed by atoms with Gasteiger partial charge in [-0.1, -0.05) is 12.8 Å². The number of pyridine rings is 1. The number of aromatic nitrogens is 1. The Morgan fingerprint density at radius 2 is 1.81 bits per heavy atom. The van der Waals surface area contributed by atoms with Crippen molar-refractivity contribution in [2.75, 3.05) is 18.4 Å². The number of nitrogens with one attached hydrogen (secondary N) is 1. The van der Waals surface area contributed by atoms with Crippen molar-refractivity contribution in [1.82, 2.24) is 9.88 Å². The lowest BCUT2D eigenvalue weighted by atomic mass is 9.67. The molecular formula is C17H22N4O5. The number of nitrogens with zero attached hydrogens (tertiary/aromatic N) is 2. The highest BCUT2D eigenvalue weighted by molar-refractivity contribution is 6.39. The van der Waals surface area contributed by atoms with Crippen molar-refractivity contribution in [2.24, 2.45) is 5.73 Å². The third-order valence-electron chi connectivity index (χ3n) is 5.31. The molecule has 1 aliphatic carbocycles. The summed E-state index contributed by atoms with van der Waals surface area (Å²) in [6.07, 6.45) is 5.24. The molecule has 140 valence electrons. The van der Waals surface area contributed by atoms with Crippen molar-refractivity contribution in [3.63, 3.8) is 0 Å². The first-order chi connectivity index (χ1) is 12.2. The van der Waals surface area contributed by atoms with E-state index in [9.17, 15) is 24.6 Å². The average molecular weight is 362 g/mol. The molecular weight excluding hydrogens is 340 g/mol. The van der Waals surface area contributed by atoms with Crippen molar-refractivity contribution >= 4 is 23.4 Å². The highest BCUT2D eigenvalue weighted by Crippen LogP contribution is 2.42. The first-order valence-electron chi connectivity index (χ1n) is 8.54. The topological polar surface area (TPSA) is 146 Å². The second-order valence-corrected chi connectivity index (χ2v) is 7.03. The Labute approximate surface area is 150 Å². The molecule has 1 aromatic rings. The molecule has 0 bridgehead atoms. The largest absolute Gasteiger partial charge is 0.387 e. The number of carbonyl (C=O) groups is 3. The van der Waals surface area contributed by atoms with Crippen LogP contribution in [0.15, 0.2) is 18.5 Å². The Kier molecular flexibility index (Phi) is 4.68. The third kappa shape index (κ3) is 3.27. The molecule has 0 unspecified atom stereocenters. The summed E-state index contributed by atoms with van der Waals surface area (Å²) in [6, 6.07) is 1.32. The van der Waals surface area contributed by atoms with Gasteiger partial charge in [0.25, 0.3) is 0 Å². The number of hydrogen-bond donors (Lipinski definition) is 4. The molecule has 5 N–H and O–H groups in total. The number of aliphatic hydroxyl groups is 2. The van der Waals surface area contributed by atoms with E-state index in [2.05, 4.69) is 10.3 Å². The maximum Gasteiger partial charge on any atom is 0.313 e. The Morgan fingerprint density at radius 3 is 2.50 bits per heavy atom. The number of likely N-dealkylation sites (tertiary alicyclic amines) is 1. The molecule has 1 aromatic heterocycles. The van der Waals surface area contributed by atoms with Gasteiger partial charge < -0.3 is 26.2 Å². The van der Waals surface area contributed by atoms with E-state index < -0.39 is 28.9 Å². The van der Waals surface area contributed by atoms with E-state index >= 15 is 0 Å². The van der Waals surface area contributed by atoms with Crippen molar-refractivity contribution in [1.29, 1.82) is 0 Å². The zero-order valence-electron chi connectivity index (χ0n) is 14.3. The SMILES string of the molecule is NC(=O)c1cncc(NC(=O)C(=O)N2CC[C@@]3(O)CCCC[C@@]3(O)C2)c1. The van der Waals surface area contributed by atoms with E-state index in [4.69, 9.17) is 5.73 Å². The van der Waals surface area contributed by atoms with Crippen LogP contribution in [-0.4, -0.2) is 62.1 Å². The predicted molar refractivity (Wildman–Crippen MR) is 90.9 cm³/mol. The Balaban J connectivity index is 1.68. The average Bonchev–Trinajstić information content (AvgIpc) is 2.61. The van der Waals surface area contributed by atoms with Crippen molar-refractivity contribution < 1.29 is 24.6 Å². The predicted octanol–water partition coefficient (Wildman–Crippen LogP) is -0.612. The lowest BCUT2D eigenvalue weighted by molar-refractivity contribution is -0.209. The molecule has 2 aliphatic rings. The van der Waals surface area contributed by atoms with Crippen molar-refractivity contribution in [2.45, 2.75) is 43.3 Å². The number of carbonyl (C=O) groups excluding carboxylic acids is 3. The summed E-state index contributed by atoms with van der Waals surface area (Å²) in [5, 5.41) is 23.9. The van der Waals surface area contributed by atoms with E-state index in [1.54, 1.807) is 0 Å². The molecule has 2 heterocycles. The summed E-state index contributed by atoms with van der Waals surface area (Å²) in [7, 11) is 0. The Bertz CT molecular complexity index is 754. The van der Waals surface area contributed by atoms with Gasteiger partial charge in [-0.2, -0.15) is 0 Å². The number of primary amides is 1. The van der Waals surface area contributed by atoms with Crippen LogP contribution in [0.5, 0.6) is 0 Å². The molecule has 2 atom stereocenters. The van der Waals surface area contributed by atoms with Crippen LogP contribution in [0.25, 0.3) is 0 Å². The van der Waals surface area contributed by atoms with Crippen molar-refractivity contribution in [3.05, 3.63) is 24.0 Å². The van der Waals surface area contributed by atoms with Crippen LogP contribution in [0, 0.1) is 0 Å². The number of hydrogen-bond acceptors (Lipinski definition) is 6. The van der Waals surface area contributed by atoms with Crippen LogP contribution in [0.3, 0.4) is 0 Å². The van der Waals surface area contributed by atoms with Gasteiger partial charge in [0, 0.05) is 12.7 Å². The molecule has 0 spiro atoms. The van der Waals surface area contributed by atoms with E-state index in [-0.39, 0.29) is 30.8 Å². The minimum absolute atomic E-state index is 0.0880. The van der Waals surface area contributed by atoms with Crippen LogP contribution < -0.4 is 11.1 Å². The molecule has 9 heteroatoms. The van der Waals surface area contributed by atoms with E-state index in [0.29, 0.717) is 12.8 Å². The number of fused-ring (bicyclic) bond motifs is 1. The van der Waals surface area contributed by atoms with Gasteiger partial charge in [0.2, 0.25) is 5.91 Å². The van der Waals surface area contributed by atoms with Crippen molar-refractivity contribution in [3.8, 4) is 0 Å². The second-order valence-electron chi connectivity index (χ2n) is 7.03. The fourth-order valence-corrected chi connectivity index (χ4v) is 3.74. The Hall–Kier alpha value is -2.52. The maximum absolute atomic E-state index is 12.5. The van der Waals surface area contributed by atoms with Gasteiger partial charge in [-0.05, 0) is 25.3 Å². The second kappa shape index (κ2) is 6.65. The van der Waals surface area contributed by atoms with Crippen LogP contribution in [0.4, 0.5) is 5.69 Å². The number of anilines is 1. The summed E-state index contributed by atoms with van der Waals surface area (Å²) in [5.74, 6) is -2.41. The zero-order chi connectivity index (χ0) is 18.9. The minimum atomic E-state index is -1.40. The normalized spacial score (nSPS) is 28.2. The highest BCUT2D eigenvalue weighted by atomic mass is 16.4. The maximum atomic E-state index is 12.5. The minimum Gasteiger partial charge on any atom is -0.387 e. The zero-order valence-corrected chi connectivity index (χ0v) is 14.3. The first-order valence-corrected chi connectivity index (χ1v) is 8.54. The van der Waals surface area contributed by atoms with Gasteiger partial charge in [-0.3, -0.25) is 19.4 Å². The molecule has 1 saturated heterocycles. The summed E-state index contributed by atoms with van der Waals surface area (Å²) >= 11 is 0. The first kappa shape index (κ1) is 18.3. The lowest BCUT2D eigenvalue weighted by Gasteiger charge is -2.52. The molecule has 0 radical (unpaired) electrons. The number of nitrogens with two attached hydrogens (primary N) is 1. The summed E-state index contributed by atoms with van der Waals surface area (Å²) in [4.78, 5) is 40.9. The van der Waals surface area contributed by atoms with Gasteiger partial charge in [-0.15, -0.1) is 0 Å². The fourth-order valence-electron chi connectivity index (χ4n) is 3.74. The molecule has 26 heavy (non-hydrogen) atoms. The summed E-state index contributed by atoms with van der Waals surface area (Å²) in [5.41, 5.74) is 2.83. The lowest BCUT2D eigenvalue weighted by Crippen LogP contribution is -2.67. The van der Waals surface area contributed by atoms with Gasteiger partial charge in [0.1, 0.15) is 5.60 Å². The van der Waals surface area contributed by atoms with E-state index in [0.717, 1.165) is 12.8 Å². The molecule has 3 amide bonds. The summed E-state index contributed by atoms with van der Waals surface area (Å²) in [6.45, 7) is 0.0972. The molecule has 1 aliphatic heterocycles. The third-order valence-corrected chi connectivity index (χ3v) is 5.31. The van der Waals surface area contributed by atoms with E-state index in [1.807, 2.05) is 0 Å². The molecule has 0 aromatic carbocycles. The molecule has 1 saturated carbocycles. The summed E-state index contributed by atoms with van der Waals surface area (Å²) < 4.78 is 0. The molecule has 2 fully saturated rings. The fraction of sp³-hybridized carbons (Fsp3) is 0.529. The van der Waals surface area contributed by atoms with Crippen LogP contribution in [-0.2, 0) is 9.59 Å². The Morgan fingerprint density at radius 1 is 1.12 bits per heavy atom. The van der Waals surface area contributed by atoms with Crippen LogP contribution >= 0.6 is 0 Å².